The van der Waals surface area contributed by atoms with Crippen molar-refractivity contribution in [1.29, 1.82) is 0 Å². The molecule has 1 saturated carbocycles. The Balaban J connectivity index is 1.73. The third kappa shape index (κ3) is 3.18. The first-order valence-electron chi connectivity index (χ1n) is 7.05. The van der Waals surface area contributed by atoms with E-state index < -0.39 is 0 Å². The minimum atomic E-state index is -0.279. The molecule has 5 nitrogen and oxygen atoms in total. The number of hydrogen-bond acceptors (Lipinski definition) is 3. The molecule has 0 aliphatic heterocycles. The standard InChI is InChI=1S/C16H17N3O2/c1-11-8-14(11)15(20)18-13-5-2-4-12(9-13)10-19-7-3-6-17-16(19)21/h2-7,9,11,14H,8,10H2,1H3,(H,18,20)/t11-,14-/m1/s1. The van der Waals surface area contributed by atoms with Gasteiger partial charge < -0.3 is 5.32 Å². The van der Waals surface area contributed by atoms with Gasteiger partial charge in [-0.2, -0.15) is 0 Å². The number of nitrogens with zero attached hydrogens (tertiary/aromatic N) is 2. The van der Waals surface area contributed by atoms with E-state index in [0.29, 0.717) is 12.5 Å². The molecule has 0 bridgehead atoms. The van der Waals surface area contributed by atoms with Crippen molar-refractivity contribution in [2.24, 2.45) is 11.8 Å². The van der Waals surface area contributed by atoms with Crippen molar-refractivity contribution in [3.8, 4) is 0 Å². The Labute approximate surface area is 122 Å². The van der Waals surface area contributed by atoms with E-state index in [2.05, 4.69) is 17.2 Å². The summed E-state index contributed by atoms with van der Waals surface area (Å²) in [5.74, 6) is 0.718. The molecule has 1 fully saturated rings. The van der Waals surface area contributed by atoms with E-state index in [1.807, 2.05) is 24.3 Å². The number of carbonyl (C=O) groups excluding carboxylic acids is 1. The summed E-state index contributed by atoms with van der Waals surface area (Å²) in [7, 11) is 0. The lowest BCUT2D eigenvalue weighted by Gasteiger charge is -2.08. The maximum atomic E-state index is 11.9. The first-order valence-corrected chi connectivity index (χ1v) is 7.05. The third-order valence-corrected chi connectivity index (χ3v) is 3.78. The first-order chi connectivity index (χ1) is 10.1. The molecular formula is C16H17N3O2. The zero-order valence-electron chi connectivity index (χ0n) is 11.8. The molecule has 3 rings (SSSR count). The summed E-state index contributed by atoms with van der Waals surface area (Å²) in [5.41, 5.74) is 1.44. The maximum absolute atomic E-state index is 11.9. The Morgan fingerprint density at radius 3 is 2.95 bits per heavy atom. The molecule has 0 unspecified atom stereocenters. The molecule has 108 valence electrons. The van der Waals surface area contributed by atoms with E-state index in [1.165, 1.54) is 10.8 Å². The fourth-order valence-corrected chi connectivity index (χ4v) is 2.37. The van der Waals surface area contributed by atoms with Crippen LogP contribution < -0.4 is 11.0 Å². The molecule has 1 aliphatic rings. The van der Waals surface area contributed by atoms with Crippen LogP contribution in [-0.4, -0.2) is 15.5 Å². The van der Waals surface area contributed by atoms with Crippen molar-refractivity contribution in [3.05, 3.63) is 58.8 Å². The molecule has 1 N–H and O–H groups in total. The van der Waals surface area contributed by atoms with Gasteiger partial charge in [-0.05, 0) is 36.1 Å². The molecular weight excluding hydrogens is 266 g/mol. The number of hydrogen-bond donors (Lipinski definition) is 1. The summed E-state index contributed by atoms with van der Waals surface area (Å²) in [5, 5.41) is 2.93. The number of anilines is 1. The smallest absolute Gasteiger partial charge is 0.326 e. The highest BCUT2D eigenvalue weighted by atomic mass is 16.2. The van der Waals surface area contributed by atoms with Crippen molar-refractivity contribution in [1.82, 2.24) is 9.55 Å². The molecule has 1 heterocycles. The Bertz CT molecular complexity index is 723. The molecule has 0 saturated heterocycles. The number of benzene rings is 1. The van der Waals surface area contributed by atoms with Crippen LogP contribution in [0.2, 0.25) is 0 Å². The fraction of sp³-hybridized carbons (Fsp3) is 0.312. The van der Waals surface area contributed by atoms with E-state index in [-0.39, 0.29) is 17.5 Å². The minimum absolute atomic E-state index is 0.0817. The van der Waals surface area contributed by atoms with E-state index in [1.54, 1.807) is 12.3 Å². The number of nitrogens with one attached hydrogen (secondary N) is 1. The van der Waals surface area contributed by atoms with Gasteiger partial charge in [-0.15, -0.1) is 0 Å². The maximum Gasteiger partial charge on any atom is 0.347 e. The average Bonchev–Trinajstić information content (AvgIpc) is 3.19. The van der Waals surface area contributed by atoms with Crippen LogP contribution in [0, 0.1) is 11.8 Å². The van der Waals surface area contributed by atoms with Gasteiger partial charge in [0.1, 0.15) is 0 Å². The van der Waals surface area contributed by atoms with Gasteiger partial charge in [0.25, 0.3) is 0 Å². The highest BCUT2D eigenvalue weighted by Gasteiger charge is 2.39. The van der Waals surface area contributed by atoms with Crippen LogP contribution in [-0.2, 0) is 11.3 Å². The van der Waals surface area contributed by atoms with Gasteiger partial charge in [-0.3, -0.25) is 9.36 Å². The van der Waals surface area contributed by atoms with Gasteiger partial charge in [0.2, 0.25) is 5.91 Å². The Kier molecular flexibility index (Phi) is 3.56. The molecule has 2 atom stereocenters. The van der Waals surface area contributed by atoms with Crippen LogP contribution in [0.1, 0.15) is 18.9 Å². The van der Waals surface area contributed by atoms with Crippen molar-refractivity contribution in [2.45, 2.75) is 19.9 Å². The third-order valence-electron chi connectivity index (χ3n) is 3.78. The number of carbonyl (C=O) groups is 1. The summed E-state index contributed by atoms with van der Waals surface area (Å²) in [6, 6.07) is 9.28. The highest BCUT2D eigenvalue weighted by molar-refractivity contribution is 5.94. The van der Waals surface area contributed by atoms with Crippen LogP contribution in [0.4, 0.5) is 5.69 Å². The topological polar surface area (TPSA) is 64.0 Å². The van der Waals surface area contributed by atoms with Crippen LogP contribution in [0.5, 0.6) is 0 Å². The van der Waals surface area contributed by atoms with Gasteiger partial charge in [-0.25, -0.2) is 9.78 Å². The fourth-order valence-electron chi connectivity index (χ4n) is 2.37. The summed E-state index contributed by atoms with van der Waals surface area (Å²) >= 11 is 0. The normalized spacial score (nSPS) is 20.0. The lowest BCUT2D eigenvalue weighted by atomic mass is 10.2. The van der Waals surface area contributed by atoms with E-state index >= 15 is 0 Å². The largest absolute Gasteiger partial charge is 0.347 e. The molecule has 1 aromatic carbocycles. The van der Waals surface area contributed by atoms with Crippen molar-refractivity contribution < 1.29 is 4.79 Å². The molecule has 0 radical (unpaired) electrons. The molecule has 0 spiro atoms. The Hall–Kier alpha value is -2.43. The lowest BCUT2D eigenvalue weighted by molar-refractivity contribution is -0.117. The van der Waals surface area contributed by atoms with E-state index in [4.69, 9.17) is 0 Å². The second-order valence-electron chi connectivity index (χ2n) is 5.54. The second-order valence-corrected chi connectivity index (χ2v) is 5.54. The number of aromatic nitrogens is 2. The second kappa shape index (κ2) is 5.52. The number of rotatable bonds is 4. The zero-order chi connectivity index (χ0) is 14.8. The summed E-state index contributed by atoms with van der Waals surface area (Å²) in [6.07, 6.45) is 4.15. The van der Waals surface area contributed by atoms with Crippen LogP contribution in [0.15, 0.2) is 47.5 Å². The first kappa shape index (κ1) is 13.5. The lowest BCUT2D eigenvalue weighted by Crippen LogP contribution is -2.22. The Morgan fingerprint density at radius 1 is 1.43 bits per heavy atom. The molecule has 1 aromatic heterocycles. The summed E-state index contributed by atoms with van der Waals surface area (Å²) in [4.78, 5) is 27.3. The molecule has 2 aromatic rings. The molecule has 1 amide bonds. The van der Waals surface area contributed by atoms with Gasteiger partial charge in [-0.1, -0.05) is 19.1 Å². The number of amides is 1. The van der Waals surface area contributed by atoms with Gasteiger partial charge in [0.15, 0.2) is 0 Å². The average molecular weight is 283 g/mol. The van der Waals surface area contributed by atoms with Crippen molar-refractivity contribution in [2.75, 3.05) is 5.32 Å². The van der Waals surface area contributed by atoms with Gasteiger partial charge >= 0.3 is 5.69 Å². The van der Waals surface area contributed by atoms with Gasteiger partial charge in [0, 0.05) is 24.0 Å². The predicted molar refractivity (Wildman–Crippen MR) is 79.9 cm³/mol. The predicted octanol–water partition coefficient (Wildman–Crippen LogP) is 1.89. The van der Waals surface area contributed by atoms with Crippen molar-refractivity contribution in [3.63, 3.8) is 0 Å². The minimum Gasteiger partial charge on any atom is -0.326 e. The van der Waals surface area contributed by atoms with Crippen molar-refractivity contribution >= 4 is 11.6 Å². The summed E-state index contributed by atoms with van der Waals surface area (Å²) < 4.78 is 1.53. The van der Waals surface area contributed by atoms with E-state index in [0.717, 1.165) is 17.7 Å². The zero-order valence-corrected chi connectivity index (χ0v) is 11.8. The van der Waals surface area contributed by atoms with Crippen LogP contribution in [0.25, 0.3) is 0 Å². The Morgan fingerprint density at radius 2 is 2.24 bits per heavy atom. The molecule has 5 heteroatoms. The monoisotopic (exact) mass is 283 g/mol. The molecule has 1 aliphatic carbocycles. The summed E-state index contributed by atoms with van der Waals surface area (Å²) in [6.45, 7) is 2.52. The quantitative estimate of drug-likeness (QED) is 0.932. The SMILES string of the molecule is C[C@@H]1C[C@H]1C(=O)Nc1cccc(Cn2cccnc2=O)c1. The van der Waals surface area contributed by atoms with Crippen LogP contribution in [0.3, 0.4) is 0 Å². The van der Waals surface area contributed by atoms with Crippen LogP contribution >= 0.6 is 0 Å². The van der Waals surface area contributed by atoms with Gasteiger partial charge in [0.05, 0.1) is 6.54 Å². The van der Waals surface area contributed by atoms with E-state index in [9.17, 15) is 9.59 Å². The molecule has 21 heavy (non-hydrogen) atoms. The highest BCUT2D eigenvalue weighted by Crippen LogP contribution is 2.38.